The average molecular weight is 274 g/mol. The maximum Gasteiger partial charge on any atom is 0.400 e. The topological polar surface area (TPSA) is 17.1 Å². The lowest BCUT2D eigenvalue weighted by molar-refractivity contribution is -0.288. The molecular formula is C11H12F6O. The van der Waals surface area contributed by atoms with E-state index in [0.717, 1.165) is 0 Å². The molecule has 0 spiro atoms. The van der Waals surface area contributed by atoms with E-state index in [1.807, 2.05) is 0 Å². The van der Waals surface area contributed by atoms with E-state index in [0.29, 0.717) is 19.3 Å². The highest BCUT2D eigenvalue weighted by Gasteiger charge is 2.59. The second-order valence-electron chi connectivity index (χ2n) is 5.15. The van der Waals surface area contributed by atoms with Crippen LogP contribution in [0.1, 0.15) is 25.7 Å². The van der Waals surface area contributed by atoms with Crippen LogP contribution in [-0.2, 0) is 4.79 Å². The molecule has 2 saturated carbocycles. The molecule has 0 N–H and O–H groups in total. The molecule has 104 valence electrons. The molecule has 0 saturated heterocycles. The molecule has 0 aromatic carbocycles. The summed E-state index contributed by atoms with van der Waals surface area (Å²) in [4.78, 5) is 11.6. The van der Waals surface area contributed by atoms with Crippen molar-refractivity contribution in [1.82, 2.24) is 0 Å². The summed E-state index contributed by atoms with van der Waals surface area (Å²) in [7, 11) is 0. The van der Waals surface area contributed by atoms with Gasteiger partial charge in [-0.3, -0.25) is 4.79 Å². The van der Waals surface area contributed by atoms with E-state index < -0.39 is 36.4 Å². The Balaban J connectivity index is 2.13. The Morgan fingerprint density at radius 3 is 2.00 bits per heavy atom. The summed E-state index contributed by atoms with van der Waals surface area (Å²) in [5.74, 6) is -5.42. The van der Waals surface area contributed by atoms with Gasteiger partial charge in [-0.1, -0.05) is 0 Å². The summed E-state index contributed by atoms with van der Waals surface area (Å²) in [6.07, 6.45) is -10.1. The molecule has 2 aliphatic carbocycles. The number of hydrogen-bond donors (Lipinski definition) is 0. The SMILES string of the molecule is O=C1C2CCC(C2)C1CC(C(F)(F)F)C(F)(F)F. The van der Waals surface area contributed by atoms with Crippen LogP contribution in [0.2, 0.25) is 0 Å². The lowest BCUT2D eigenvalue weighted by Gasteiger charge is -2.28. The van der Waals surface area contributed by atoms with Gasteiger partial charge in [0.15, 0.2) is 5.92 Å². The molecule has 0 aliphatic heterocycles. The summed E-state index contributed by atoms with van der Waals surface area (Å²) >= 11 is 0. The zero-order valence-electron chi connectivity index (χ0n) is 9.31. The van der Waals surface area contributed by atoms with Crippen molar-refractivity contribution in [2.45, 2.75) is 38.0 Å². The van der Waals surface area contributed by atoms with Crippen molar-refractivity contribution in [3.63, 3.8) is 0 Å². The molecule has 3 atom stereocenters. The number of carbonyl (C=O) groups excluding carboxylic acids is 1. The van der Waals surface area contributed by atoms with Gasteiger partial charge in [0.1, 0.15) is 5.78 Å². The quantitative estimate of drug-likeness (QED) is 0.701. The number of carbonyl (C=O) groups is 1. The zero-order valence-corrected chi connectivity index (χ0v) is 9.31. The molecule has 0 heterocycles. The van der Waals surface area contributed by atoms with Gasteiger partial charge in [0.05, 0.1) is 0 Å². The summed E-state index contributed by atoms with van der Waals surface area (Å²) in [6.45, 7) is 0. The standard InChI is InChI=1S/C11H12F6O/c12-10(13,14)8(11(15,16)17)4-7-5-1-2-6(3-5)9(7)18/h5-8H,1-4H2. The molecule has 2 fully saturated rings. The molecule has 7 heteroatoms. The van der Waals surface area contributed by atoms with Crippen LogP contribution >= 0.6 is 0 Å². The van der Waals surface area contributed by atoms with Crippen LogP contribution in [0.3, 0.4) is 0 Å². The van der Waals surface area contributed by atoms with Crippen LogP contribution in [0, 0.1) is 23.7 Å². The monoisotopic (exact) mass is 274 g/mol. The fourth-order valence-corrected chi connectivity index (χ4v) is 3.19. The van der Waals surface area contributed by atoms with E-state index in [1.165, 1.54) is 0 Å². The van der Waals surface area contributed by atoms with Crippen LogP contribution in [-0.4, -0.2) is 18.1 Å². The predicted molar refractivity (Wildman–Crippen MR) is 49.5 cm³/mol. The molecular weight excluding hydrogens is 262 g/mol. The third kappa shape index (κ3) is 2.36. The van der Waals surface area contributed by atoms with E-state index in [-0.39, 0.29) is 11.8 Å². The second kappa shape index (κ2) is 4.13. The van der Waals surface area contributed by atoms with Crippen molar-refractivity contribution in [3.05, 3.63) is 0 Å². The molecule has 1 nitrogen and oxygen atoms in total. The fourth-order valence-electron chi connectivity index (χ4n) is 3.19. The normalized spacial score (nSPS) is 32.6. The van der Waals surface area contributed by atoms with Gasteiger partial charge in [-0.2, -0.15) is 26.3 Å². The average Bonchev–Trinajstić information content (AvgIpc) is 2.71. The Labute approximate surface area is 99.5 Å². The molecule has 18 heavy (non-hydrogen) atoms. The molecule has 0 aromatic heterocycles. The van der Waals surface area contributed by atoms with Gasteiger partial charge in [-0.05, 0) is 31.6 Å². The van der Waals surface area contributed by atoms with Crippen LogP contribution in [0.5, 0.6) is 0 Å². The molecule has 0 radical (unpaired) electrons. The van der Waals surface area contributed by atoms with Crippen LogP contribution in [0.15, 0.2) is 0 Å². The van der Waals surface area contributed by atoms with E-state index in [2.05, 4.69) is 0 Å². The largest absolute Gasteiger partial charge is 0.400 e. The first-order valence-corrected chi connectivity index (χ1v) is 5.78. The van der Waals surface area contributed by atoms with Crippen molar-refractivity contribution >= 4 is 5.78 Å². The Morgan fingerprint density at radius 2 is 1.61 bits per heavy atom. The van der Waals surface area contributed by atoms with Gasteiger partial charge in [0.2, 0.25) is 0 Å². The Morgan fingerprint density at radius 1 is 1.06 bits per heavy atom. The van der Waals surface area contributed by atoms with Gasteiger partial charge in [0, 0.05) is 11.8 Å². The second-order valence-corrected chi connectivity index (χ2v) is 5.15. The van der Waals surface area contributed by atoms with E-state index >= 15 is 0 Å². The number of ketones is 1. The van der Waals surface area contributed by atoms with E-state index in [4.69, 9.17) is 0 Å². The first kappa shape index (κ1) is 13.7. The maximum atomic E-state index is 12.4. The Hall–Kier alpha value is -0.750. The number of alkyl halides is 6. The Bertz CT molecular complexity index is 330. The van der Waals surface area contributed by atoms with Gasteiger partial charge >= 0.3 is 12.4 Å². The molecule has 2 aliphatic rings. The zero-order chi connectivity index (χ0) is 13.7. The lowest BCUT2D eigenvalue weighted by atomic mass is 9.81. The molecule has 0 aromatic rings. The van der Waals surface area contributed by atoms with E-state index in [9.17, 15) is 31.1 Å². The number of Topliss-reactive ketones (excluding diaryl/α,β-unsaturated/α-hetero) is 1. The van der Waals surface area contributed by atoms with Crippen molar-refractivity contribution < 1.29 is 31.1 Å². The first-order valence-electron chi connectivity index (χ1n) is 5.78. The van der Waals surface area contributed by atoms with Crippen LogP contribution < -0.4 is 0 Å². The third-order valence-corrected chi connectivity index (χ3v) is 4.09. The lowest BCUT2D eigenvalue weighted by Crippen LogP contribution is -2.40. The van der Waals surface area contributed by atoms with Crippen molar-refractivity contribution in [1.29, 1.82) is 0 Å². The van der Waals surface area contributed by atoms with E-state index in [1.54, 1.807) is 0 Å². The molecule has 3 unspecified atom stereocenters. The summed E-state index contributed by atoms with van der Waals surface area (Å²) in [6, 6.07) is 0. The van der Waals surface area contributed by atoms with Crippen molar-refractivity contribution in [2.24, 2.45) is 23.7 Å². The highest BCUT2D eigenvalue weighted by atomic mass is 19.4. The number of halogens is 6. The first-order chi connectivity index (χ1) is 8.10. The molecule has 2 bridgehead atoms. The predicted octanol–water partition coefficient (Wildman–Crippen LogP) is 3.73. The summed E-state index contributed by atoms with van der Waals surface area (Å²) in [5.41, 5.74) is 0. The number of hydrogen-bond acceptors (Lipinski definition) is 1. The minimum Gasteiger partial charge on any atom is -0.299 e. The summed E-state index contributed by atoms with van der Waals surface area (Å²) < 4.78 is 74.4. The number of rotatable bonds is 2. The minimum absolute atomic E-state index is 0.283. The van der Waals surface area contributed by atoms with Gasteiger partial charge in [-0.15, -0.1) is 0 Å². The maximum absolute atomic E-state index is 12.4. The summed E-state index contributed by atoms with van der Waals surface area (Å²) in [5, 5.41) is 0. The molecule has 0 amide bonds. The van der Waals surface area contributed by atoms with Gasteiger partial charge in [0.25, 0.3) is 0 Å². The smallest absolute Gasteiger partial charge is 0.299 e. The third-order valence-electron chi connectivity index (χ3n) is 4.09. The number of fused-ring (bicyclic) bond motifs is 2. The van der Waals surface area contributed by atoms with Crippen LogP contribution in [0.4, 0.5) is 26.3 Å². The molecule has 2 rings (SSSR count). The van der Waals surface area contributed by atoms with Crippen molar-refractivity contribution in [2.75, 3.05) is 0 Å². The van der Waals surface area contributed by atoms with Gasteiger partial charge in [-0.25, -0.2) is 0 Å². The fraction of sp³-hybridized carbons (Fsp3) is 0.909. The minimum atomic E-state index is -5.33. The van der Waals surface area contributed by atoms with Crippen LogP contribution in [0.25, 0.3) is 0 Å². The Kier molecular flexibility index (Phi) is 3.14. The highest BCUT2D eigenvalue weighted by molar-refractivity contribution is 5.86. The van der Waals surface area contributed by atoms with Gasteiger partial charge < -0.3 is 0 Å². The highest BCUT2D eigenvalue weighted by Crippen LogP contribution is 2.52. The van der Waals surface area contributed by atoms with Crippen molar-refractivity contribution in [3.8, 4) is 0 Å².